The highest BCUT2D eigenvalue weighted by atomic mass is 32.1. The molecule has 0 spiro atoms. The van der Waals surface area contributed by atoms with Crippen LogP contribution in [0.3, 0.4) is 0 Å². The van der Waals surface area contributed by atoms with Crippen LogP contribution in [0.15, 0.2) is 11.1 Å². The van der Waals surface area contributed by atoms with Crippen molar-refractivity contribution in [3.05, 3.63) is 27.1 Å². The summed E-state index contributed by atoms with van der Waals surface area (Å²) in [5.74, 6) is 0.0880. The summed E-state index contributed by atoms with van der Waals surface area (Å²) in [7, 11) is 0. The lowest BCUT2D eigenvalue weighted by Crippen LogP contribution is -2.51. The molecule has 8 nitrogen and oxygen atoms in total. The van der Waals surface area contributed by atoms with Crippen molar-refractivity contribution >= 4 is 33.4 Å². The zero-order valence-electron chi connectivity index (χ0n) is 19.1. The van der Waals surface area contributed by atoms with Crippen LogP contribution in [0.2, 0.25) is 0 Å². The fourth-order valence-electron chi connectivity index (χ4n) is 4.50. The highest BCUT2D eigenvalue weighted by Crippen LogP contribution is 2.33. The van der Waals surface area contributed by atoms with E-state index in [2.05, 4.69) is 15.2 Å². The van der Waals surface area contributed by atoms with Gasteiger partial charge in [-0.05, 0) is 44.6 Å². The Hall–Kier alpha value is -2.26. The van der Waals surface area contributed by atoms with Crippen molar-refractivity contribution in [2.75, 3.05) is 32.7 Å². The zero-order valence-corrected chi connectivity index (χ0v) is 19.9. The highest BCUT2D eigenvalue weighted by Gasteiger charge is 2.23. The Bertz CT molecular complexity index is 1040. The minimum absolute atomic E-state index is 0.0145. The van der Waals surface area contributed by atoms with E-state index in [0.29, 0.717) is 39.3 Å². The number of amides is 2. The van der Waals surface area contributed by atoms with Crippen LogP contribution in [0.1, 0.15) is 50.0 Å². The van der Waals surface area contributed by atoms with Gasteiger partial charge in [0.05, 0.1) is 18.3 Å². The lowest BCUT2D eigenvalue weighted by Gasteiger charge is -2.34. The standard InChI is InChI=1S/C23H33N5O3S/c1-3-16(2)25-19(29)14-26-10-12-27(13-11-26)20(30)8-9-28-15-24-22-21(23(28)31)17-6-4-5-7-18(17)32-22/h15-16H,3-14H2,1-2H3,(H,25,29). The van der Waals surface area contributed by atoms with Crippen LogP contribution in [0.5, 0.6) is 0 Å². The number of carbonyl (C=O) groups is 2. The van der Waals surface area contributed by atoms with Crippen LogP contribution < -0.4 is 10.9 Å². The molecule has 1 fully saturated rings. The van der Waals surface area contributed by atoms with Crippen LogP contribution in [0.4, 0.5) is 0 Å². The molecule has 9 heteroatoms. The summed E-state index contributed by atoms with van der Waals surface area (Å²) >= 11 is 1.65. The van der Waals surface area contributed by atoms with Gasteiger partial charge >= 0.3 is 0 Å². The third kappa shape index (κ3) is 5.04. The van der Waals surface area contributed by atoms with Crippen LogP contribution in [0.25, 0.3) is 10.2 Å². The molecule has 1 atom stereocenters. The number of thiophene rings is 1. The maximum absolute atomic E-state index is 13.1. The van der Waals surface area contributed by atoms with E-state index in [1.54, 1.807) is 22.2 Å². The Balaban J connectivity index is 1.30. The number of aryl methyl sites for hydroxylation is 3. The van der Waals surface area contributed by atoms with Crippen LogP contribution in [0, 0.1) is 0 Å². The van der Waals surface area contributed by atoms with E-state index in [-0.39, 0.29) is 29.8 Å². The SMILES string of the molecule is CCC(C)NC(=O)CN1CCN(C(=O)CCn2cnc3sc4c(c3c2=O)CCCC4)CC1. The lowest BCUT2D eigenvalue weighted by molar-refractivity contribution is -0.133. The van der Waals surface area contributed by atoms with Gasteiger partial charge in [-0.3, -0.25) is 23.9 Å². The smallest absolute Gasteiger partial charge is 0.262 e. The van der Waals surface area contributed by atoms with Gasteiger partial charge in [0.1, 0.15) is 4.83 Å². The van der Waals surface area contributed by atoms with Gasteiger partial charge in [0.15, 0.2) is 0 Å². The third-order valence-electron chi connectivity index (χ3n) is 6.62. The first-order valence-corrected chi connectivity index (χ1v) is 12.6. The molecular weight excluding hydrogens is 426 g/mol. The van der Waals surface area contributed by atoms with Crippen molar-refractivity contribution in [1.29, 1.82) is 0 Å². The molecule has 2 aromatic rings. The van der Waals surface area contributed by atoms with Crippen LogP contribution in [-0.4, -0.2) is 69.9 Å². The average molecular weight is 460 g/mol. The van der Waals surface area contributed by atoms with Gasteiger partial charge < -0.3 is 10.2 Å². The van der Waals surface area contributed by atoms with Gasteiger partial charge in [-0.25, -0.2) is 4.98 Å². The highest BCUT2D eigenvalue weighted by molar-refractivity contribution is 7.18. The van der Waals surface area contributed by atoms with Crippen LogP contribution in [-0.2, 0) is 29.0 Å². The second-order valence-electron chi connectivity index (χ2n) is 8.92. The molecule has 1 aliphatic carbocycles. The summed E-state index contributed by atoms with van der Waals surface area (Å²) in [5.41, 5.74) is 1.17. The molecular formula is C23H33N5O3S. The molecule has 32 heavy (non-hydrogen) atoms. The van der Waals surface area contributed by atoms with E-state index in [9.17, 15) is 14.4 Å². The Morgan fingerprint density at radius 1 is 1.19 bits per heavy atom. The topological polar surface area (TPSA) is 87.5 Å². The molecule has 0 radical (unpaired) electrons. The Morgan fingerprint density at radius 3 is 2.69 bits per heavy atom. The summed E-state index contributed by atoms with van der Waals surface area (Å²) in [6, 6.07) is 0.182. The summed E-state index contributed by atoms with van der Waals surface area (Å²) in [6.45, 7) is 7.37. The molecule has 1 saturated heterocycles. The molecule has 0 aromatic carbocycles. The van der Waals surface area contributed by atoms with Crippen molar-refractivity contribution in [3.63, 3.8) is 0 Å². The molecule has 1 aliphatic heterocycles. The number of carbonyl (C=O) groups excluding carboxylic acids is 2. The van der Waals surface area contributed by atoms with Gasteiger partial charge in [0, 0.05) is 50.1 Å². The fraction of sp³-hybridized carbons (Fsp3) is 0.652. The molecule has 0 saturated carbocycles. The van der Waals surface area contributed by atoms with Crippen molar-refractivity contribution < 1.29 is 9.59 Å². The zero-order chi connectivity index (χ0) is 22.7. The minimum Gasteiger partial charge on any atom is -0.353 e. The summed E-state index contributed by atoms with van der Waals surface area (Å²) in [4.78, 5) is 48.4. The lowest BCUT2D eigenvalue weighted by atomic mass is 9.97. The van der Waals surface area contributed by atoms with E-state index >= 15 is 0 Å². The molecule has 2 aliphatic rings. The Labute approximate surface area is 192 Å². The number of rotatable bonds is 7. The van der Waals surface area contributed by atoms with Gasteiger partial charge in [-0.2, -0.15) is 0 Å². The third-order valence-corrected chi connectivity index (χ3v) is 7.82. The van der Waals surface area contributed by atoms with E-state index in [4.69, 9.17) is 0 Å². The van der Waals surface area contributed by atoms with Crippen molar-refractivity contribution in [3.8, 4) is 0 Å². The van der Waals surface area contributed by atoms with Crippen LogP contribution >= 0.6 is 11.3 Å². The Morgan fingerprint density at radius 2 is 1.94 bits per heavy atom. The maximum Gasteiger partial charge on any atom is 0.262 e. The summed E-state index contributed by atoms with van der Waals surface area (Å²) in [6.07, 6.45) is 7.08. The maximum atomic E-state index is 13.1. The largest absolute Gasteiger partial charge is 0.353 e. The number of hydrogen-bond acceptors (Lipinski definition) is 6. The summed E-state index contributed by atoms with van der Waals surface area (Å²) < 4.78 is 1.59. The van der Waals surface area contributed by atoms with E-state index in [1.807, 2.05) is 18.7 Å². The Kier molecular flexibility index (Phi) is 7.25. The van der Waals surface area contributed by atoms with E-state index in [0.717, 1.165) is 35.9 Å². The molecule has 3 heterocycles. The first-order valence-electron chi connectivity index (χ1n) is 11.8. The predicted molar refractivity (Wildman–Crippen MR) is 126 cm³/mol. The molecule has 4 rings (SSSR count). The molecule has 1 N–H and O–H groups in total. The molecule has 174 valence electrons. The number of fused-ring (bicyclic) bond motifs is 3. The van der Waals surface area contributed by atoms with Gasteiger partial charge in [-0.1, -0.05) is 6.92 Å². The second kappa shape index (κ2) is 10.1. The quantitative estimate of drug-likeness (QED) is 0.682. The molecule has 2 aromatic heterocycles. The van der Waals surface area contributed by atoms with Gasteiger partial charge in [0.2, 0.25) is 11.8 Å². The normalized spacial score (nSPS) is 17.9. The van der Waals surface area contributed by atoms with Crippen molar-refractivity contribution in [2.45, 2.75) is 65.0 Å². The number of aromatic nitrogens is 2. The van der Waals surface area contributed by atoms with E-state index < -0.39 is 0 Å². The first kappa shape index (κ1) is 22.9. The number of piperazine rings is 1. The van der Waals surface area contributed by atoms with Crippen molar-refractivity contribution in [2.24, 2.45) is 0 Å². The predicted octanol–water partition coefficient (Wildman–Crippen LogP) is 1.79. The fourth-order valence-corrected chi connectivity index (χ4v) is 5.72. The van der Waals surface area contributed by atoms with Gasteiger partial charge in [-0.15, -0.1) is 11.3 Å². The molecule has 0 bridgehead atoms. The second-order valence-corrected chi connectivity index (χ2v) is 10.0. The average Bonchev–Trinajstić information content (AvgIpc) is 3.18. The first-order chi connectivity index (χ1) is 15.5. The number of hydrogen-bond donors (Lipinski definition) is 1. The van der Waals surface area contributed by atoms with E-state index in [1.165, 1.54) is 16.9 Å². The number of nitrogens with one attached hydrogen (secondary N) is 1. The monoisotopic (exact) mass is 459 g/mol. The molecule has 2 amide bonds. The molecule has 1 unspecified atom stereocenters. The van der Waals surface area contributed by atoms with Crippen molar-refractivity contribution in [1.82, 2.24) is 24.7 Å². The van der Waals surface area contributed by atoms with Gasteiger partial charge in [0.25, 0.3) is 5.56 Å². The summed E-state index contributed by atoms with van der Waals surface area (Å²) in [5, 5.41) is 3.75. The minimum atomic E-state index is -0.0145. The number of nitrogens with zero attached hydrogens (tertiary/aromatic N) is 4.